The maximum atomic E-state index is 12.9. The molecule has 2 unspecified atom stereocenters. The van der Waals surface area contributed by atoms with Gasteiger partial charge in [0.2, 0.25) is 0 Å². The highest BCUT2D eigenvalue weighted by Gasteiger charge is 2.25. The number of hydrogen-bond donors (Lipinski definition) is 1. The Morgan fingerprint density at radius 1 is 0.400 bits per heavy atom. The lowest BCUT2D eigenvalue weighted by Crippen LogP contribution is -2.40. The van der Waals surface area contributed by atoms with E-state index in [9.17, 15) is 19.5 Å². The SMILES string of the molecule is CCCCCCC/C=C\C/C=C\CCCCCCCCCCCCCCCCCC(=O)OC(COC(=O)CCCCCCCCCCCCCCCCCCCCCCCCC)COC(OCC[N+](C)(C)C)C(=O)O. The van der Waals surface area contributed by atoms with Crippen LogP contribution < -0.4 is 0 Å². The zero-order chi connectivity index (χ0) is 54.8. The standard InChI is InChI=1S/C66H125NO8/c1-6-8-10-12-14-16-18-20-22-24-26-28-30-31-32-33-35-37-39-41-43-45-47-49-51-53-55-57-64(69)75-62(61-74-66(65(70)71)72-59-58-67(3,4)5)60-73-63(68)56-54-52-50-48-46-44-42-40-38-36-34-29-27-25-23-21-19-17-15-13-11-9-7-2/h18,20,24,26,62,66H,6-17,19,21-23,25,27-61H2,1-5H3/p+1/b20-18-,26-24-. The second-order valence-corrected chi connectivity index (χ2v) is 23.4. The summed E-state index contributed by atoms with van der Waals surface area (Å²) in [7, 11) is 5.99. The minimum Gasteiger partial charge on any atom is -0.477 e. The van der Waals surface area contributed by atoms with Crippen LogP contribution in [0.1, 0.15) is 322 Å². The molecule has 0 heterocycles. The molecule has 0 fully saturated rings. The van der Waals surface area contributed by atoms with Crippen molar-refractivity contribution in [1.29, 1.82) is 0 Å². The maximum absolute atomic E-state index is 12.9. The Bertz CT molecular complexity index is 1280. The number of aliphatic carboxylic acids is 1. The Hall–Kier alpha value is -2.23. The zero-order valence-electron chi connectivity index (χ0n) is 50.5. The number of ether oxygens (including phenoxy) is 4. The normalized spacial score (nSPS) is 12.8. The van der Waals surface area contributed by atoms with E-state index in [0.717, 1.165) is 44.9 Å². The molecule has 0 spiro atoms. The van der Waals surface area contributed by atoms with Crippen LogP contribution in [0.4, 0.5) is 0 Å². The first-order valence-electron chi connectivity index (χ1n) is 32.5. The van der Waals surface area contributed by atoms with Gasteiger partial charge in [0.25, 0.3) is 6.29 Å². The Kier molecular flexibility index (Phi) is 56.2. The fraction of sp³-hybridized carbons (Fsp3) is 0.894. The van der Waals surface area contributed by atoms with Gasteiger partial charge in [-0.05, 0) is 44.9 Å². The van der Waals surface area contributed by atoms with Crippen LogP contribution in [0.3, 0.4) is 0 Å². The molecule has 9 heteroatoms. The number of carboxylic acids is 1. The van der Waals surface area contributed by atoms with Gasteiger partial charge >= 0.3 is 17.9 Å². The Balaban J connectivity index is 4.13. The van der Waals surface area contributed by atoms with E-state index in [4.69, 9.17) is 18.9 Å². The topological polar surface area (TPSA) is 108 Å². The Morgan fingerprint density at radius 2 is 0.720 bits per heavy atom. The average molecular weight is 1060 g/mol. The number of esters is 2. The first-order chi connectivity index (χ1) is 36.6. The third-order valence-electron chi connectivity index (χ3n) is 14.7. The number of carboxylic acid groups (broad SMARTS) is 1. The van der Waals surface area contributed by atoms with Crippen molar-refractivity contribution < 1.29 is 42.9 Å². The predicted octanol–water partition coefficient (Wildman–Crippen LogP) is 19.5. The van der Waals surface area contributed by atoms with Crippen LogP contribution in [0.5, 0.6) is 0 Å². The smallest absolute Gasteiger partial charge is 0.361 e. The van der Waals surface area contributed by atoms with Gasteiger partial charge in [-0.2, -0.15) is 0 Å². The van der Waals surface area contributed by atoms with E-state index in [2.05, 4.69) is 38.2 Å². The molecule has 0 aromatic heterocycles. The van der Waals surface area contributed by atoms with E-state index in [0.29, 0.717) is 17.4 Å². The largest absolute Gasteiger partial charge is 0.477 e. The van der Waals surface area contributed by atoms with E-state index in [-0.39, 0.29) is 38.2 Å². The van der Waals surface area contributed by atoms with E-state index in [1.807, 2.05) is 21.1 Å². The summed E-state index contributed by atoms with van der Waals surface area (Å²) in [5.41, 5.74) is 0. The highest BCUT2D eigenvalue weighted by Crippen LogP contribution is 2.18. The van der Waals surface area contributed by atoms with Crippen molar-refractivity contribution in [2.75, 3.05) is 47.5 Å². The van der Waals surface area contributed by atoms with E-state index in [1.54, 1.807) is 0 Å². The van der Waals surface area contributed by atoms with Crippen molar-refractivity contribution in [1.82, 2.24) is 0 Å². The summed E-state index contributed by atoms with van der Waals surface area (Å²) < 4.78 is 23.0. The van der Waals surface area contributed by atoms with Crippen LogP contribution in [-0.2, 0) is 33.3 Å². The van der Waals surface area contributed by atoms with Crippen LogP contribution >= 0.6 is 0 Å². The van der Waals surface area contributed by atoms with Crippen LogP contribution in [0.15, 0.2) is 24.3 Å². The first-order valence-corrected chi connectivity index (χ1v) is 32.5. The minimum absolute atomic E-state index is 0.175. The molecule has 0 aromatic rings. The second kappa shape index (κ2) is 57.9. The number of quaternary nitrogens is 1. The van der Waals surface area contributed by atoms with Gasteiger partial charge in [0.1, 0.15) is 13.2 Å². The van der Waals surface area contributed by atoms with Gasteiger partial charge in [-0.25, -0.2) is 4.79 Å². The van der Waals surface area contributed by atoms with Crippen LogP contribution in [0, 0.1) is 0 Å². The average Bonchev–Trinajstić information content (AvgIpc) is 3.38. The predicted molar refractivity (Wildman–Crippen MR) is 318 cm³/mol. The number of carbonyl (C=O) groups excluding carboxylic acids is 2. The summed E-state index contributed by atoms with van der Waals surface area (Å²) in [6, 6.07) is 0. The molecule has 0 saturated carbocycles. The number of carbonyl (C=O) groups is 3. The van der Waals surface area contributed by atoms with Crippen molar-refractivity contribution in [3.63, 3.8) is 0 Å². The number of rotatable bonds is 61. The van der Waals surface area contributed by atoms with Crippen LogP contribution in [0.25, 0.3) is 0 Å². The van der Waals surface area contributed by atoms with Crippen molar-refractivity contribution in [2.45, 2.75) is 334 Å². The van der Waals surface area contributed by atoms with Crippen LogP contribution in [-0.4, -0.2) is 87.4 Å². The molecule has 0 aliphatic carbocycles. The van der Waals surface area contributed by atoms with Gasteiger partial charge in [-0.15, -0.1) is 0 Å². The molecule has 0 aliphatic rings. The lowest BCUT2D eigenvalue weighted by molar-refractivity contribution is -0.870. The number of likely N-dealkylation sites (N-methyl/N-ethyl adjacent to an activating group) is 1. The molecular formula is C66H126NO8+. The fourth-order valence-electron chi connectivity index (χ4n) is 9.70. The summed E-state index contributed by atoms with van der Waals surface area (Å²) in [6.45, 7) is 4.93. The lowest BCUT2D eigenvalue weighted by atomic mass is 10.0. The molecule has 0 amide bonds. The summed E-state index contributed by atoms with van der Waals surface area (Å²) in [5.74, 6) is -1.98. The number of nitrogens with zero attached hydrogens (tertiary/aromatic N) is 1. The summed E-state index contributed by atoms with van der Waals surface area (Å²) in [5, 5.41) is 9.73. The van der Waals surface area contributed by atoms with Gasteiger partial charge in [0, 0.05) is 12.8 Å². The molecule has 1 N–H and O–H groups in total. The highest BCUT2D eigenvalue weighted by atomic mass is 16.7. The molecule has 2 atom stereocenters. The van der Waals surface area contributed by atoms with Gasteiger partial charge in [-0.3, -0.25) is 9.59 Å². The van der Waals surface area contributed by atoms with Gasteiger partial charge in [0.05, 0.1) is 34.4 Å². The summed E-state index contributed by atoms with van der Waals surface area (Å²) >= 11 is 0. The van der Waals surface area contributed by atoms with Crippen molar-refractivity contribution >= 4 is 17.9 Å². The minimum atomic E-state index is -1.51. The molecule has 9 nitrogen and oxygen atoms in total. The van der Waals surface area contributed by atoms with E-state index < -0.39 is 18.4 Å². The van der Waals surface area contributed by atoms with Gasteiger partial charge < -0.3 is 28.5 Å². The molecule has 442 valence electrons. The molecule has 0 aliphatic heterocycles. The van der Waals surface area contributed by atoms with Crippen LogP contribution in [0.2, 0.25) is 0 Å². The Labute approximate surface area is 465 Å². The second-order valence-electron chi connectivity index (χ2n) is 23.4. The van der Waals surface area contributed by atoms with Gasteiger partial charge in [0.15, 0.2) is 6.10 Å². The molecule has 0 rings (SSSR count). The molecule has 0 bridgehead atoms. The highest BCUT2D eigenvalue weighted by molar-refractivity contribution is 5.71. The molecule has 0 radical (unpaired) electrons. The Morgan fingerprint density at radius 3 is 1.05 bits per heavy atom. The zero-order valence-corrected chi connectivity index (χ0v) is 50.5. The monoisotopic (exact) mass is 1060 g/mol. The third kappa shape index (κ3) is 59.3. The number of unbranched alkanes of at least 4 members (excludes halogenated alkanes) is 42. The third-order valence-corrected chi connectivity index (χ3v) is 14.7. The molecule has 75 heavy (non-hydrogen) atoms. The molecular weight excluding hydrogens is 935 g/mol. The first kappa shape index (κ1) is 72.8. The fourth-order valence-corrected chi connectivity index (χ4v) is 9.70. The number of hydrogen-bond acceptors (Lipinski definition) is 7. The summed E-state index contributed by atoms with van der Waals surface area (Å²) in [6.07, 6.45) is 67.0. The quantitative estimate of drug-likeness (QED) is 0.0211. The lowest BCUT2D eigenvalue weighted by Gasteiger charge is -2.25. The summed E-state index contributed by atoms with van der Waals surface area (Å²) in [4.78, 5) is 37.5. The van der Waals surface area contributed by atoms with E-state index in [1.165, 1.54) is 250 Å². The van der Waals surface area contributed by atoms with Crippen molar-refractivity contribution in [3.05, 3.63) is 24.3 Å². The molecule has 0 aromatic carbocycles. The number of allylic oxidation sites excluding steroid dienone is 4. The molecule has 0 saturated heterocycles. The van der Waals surface area contributed by atoms with E-state index >= 15 is 0 Å². The maximum Gasteiger partial charge on any atom is 0.361 e. The van der Waals surface area contributed by atoms with Crippen molar-refractivity contribution in [3.8, 4) is 0 Å². The van der Waals surface area contributed by atoms with Crippen molar-refractivity contribution in [2.24, 2.45) is 0 Å². The van der Waals surface area contributed by atoms with Gasteiger partial charge in [-0.1, -0.05) is 289 Å².